The molecule has 0 aromatic carbocycles. The molecule has 0 radical (unpaired) electrons. The highest BCUT2D eigenvalue weighted by Crippen LogP contribution is 2.25. The summed E-state index contributed by atoms with van der Waals surface area (Å²) in [5.74, 6) is 0.154. The van der Waals surface area contributed by atoms with E-state index in [1.54, 1.807) is 11.3 Å². The minimum absolute atomic E-state index is 0.0622. The van der Waals surface area contributed by atoms with Gasteiger partial charge in [0.25, 0.3) is 0 Å². The van der Waals surface area contributed by atoms with Gasteiger partial charge in [-0.3, -0.25) is 4.79 Å². The second-order valence-corrected chi connectivity index (χ2v) is 5.18. The fraction of sp³-hybridized carbons (Fsp3) is 0.583. The zero-order valence-corrected chi connectivity index (χ0v) is 10.1. The lowest BCUT2D eigenvalue weighted by Gasteiger charge is -2.37. The molecule has 3 nitrogen and oxygen atoms in total. The second kappa shape index (κ2) is 5.46. The standard InChI is InChI=1S/C12H17NO2S/c14-7-6-13(10-3-1-4-10)12(15)9-11-5-2-8-16-11/h2,5,8,10,14H,1,3-4,6-7,9H2. The quantitative estimate of drug-likeness (QED) is 0.849. The monoisotopic (exact) mass is 239 g/mol. The normalized spacial score (nSPS) is 15.8. The van der Waals surface area contributed by atoms with Crippen molar-refractivity contribution >= 4 is 17.2 Å². The molecule has 1 heterocycles. The third-order valence-electron chi connectivity index (χ3n) is 3.08. The number of thiophene rings is 1. The molecule has 16 heavy (non-hydrogen) atoms. The molecule has 0 saturated heterocycles. The SMILES string of the molecule is O=C(Cc1cccs1)N(CCO)C1CCC1. The summed E-state index contributed by atoms with van der Waals surface area (Å²) in [5, 5.41) is 11.0. The molecule has 1 N–H and O–H groups in total. The Kier molecular flexibility index (Phi) is 3.96. The highest BCUT2D eigenvalue weighted by molar-refractivity contribution is 7.10. The molecule has 88 valence electrons. The van der Waals surface area contributed by atoms with Gasteiger partial charge in [0.05, 0.1) is 13.0 Å². The van der Waals surface area contributed by atoms with Gasteiger partial charge in [0.1, 0.15) is 0 Å². The Bertz CT molecular complexity index is 333. The van der Waals surface area contributed by atoms with Gasteiger partial charge in [-0.1, -0.05) is 6.07 Å². The van der Waals surface area contributed by atoms with Gasteiger partial charge in [0, 0.05) is 17.5 Å². The average molecular weight is 239 g/mol. The van der Waals surface area contributed by atoms with Crippen LogP contribution < -0.4 is 0 Å². The molecular weight excluding hydrogens is 222 g/mol. The van der Waals surface area contributed by atoms with E-state index >= 15 is 0 Å². The Morgan fingerprint density at radius 2 is 2.38 bits per heavy atom. The lowest BCUT2D eigenvalue weighted by atomic mass is 9.91. The number of hydrogen-bond acceptors (Lipinski definition) is 3. The predicted molar refractivity (Wildman–Crippen MR) is 64.5 cm³/mol. The molecule has 2 rings (SSSR count). The van der Waals surface area contributed by atoms with Gasteiger partial charge in [-0.2, -0.15) is 0 Å². The van der Waals surface area contributed by atoms with Gasteiger partial charge in [-0.05, 0) is 30.7 Å². The summed E-state index contributed by atoms with van der Waals surface area (Å²) in [7, 11) is 0. The maximum Gasteiger partial charge on any atom is 0.228 e. The van der Waals surface area contributed by atoms with Crippen molar-refractivity contribution in [2.24, 2.45) is 0 Å². The number of amides is 1. The van der Waals surface area contributed by atoms with Gasteiger partial charge in [0.2, 0.25) is 5.91 Å². The van der Waals surface area contributed by atoms with E-state index in [0.717, 1.165) is 17.7 Å². The van der Waals surface area contributed by atoms with E-state index in [1.807, 2.05) is 22.4 Å². The fourth-order valence-electron chi connectivity index (χ4n) is 1.98. The number of aliphatic hydroxyl groups excluding tert-OH is 1. The van der Waals surface area contributed by atoms with E-state index < -0.39 is 0 Å². The zero-order valence-electron chi connectivity index (χ0n) is 9.26. The molecule has 1 fully saturated rings. The molecule has 1 aromatic heterocycles. The van der Waals surface area contributed by atoms with Crippen molar-refractivity contribution in [3.8, 4) is 0 Å². The first-order valence-electron chi connectivity index (χ1n) is 5.74. The number of carbonyl (C=O) groups is 1. The minimum atomic E-state index is 0.0622. The first-order chi connectivity index (χ1) is 7.81. The van der Waals surface area contributed by atoms with Gasteiger partial charge in [-0.25, -0.2) is 0 Å². The third kappa shape index (κ3) is 2.62. The molecule has 1 saturated carbocycles. The van der Waals surface area contributed by atoms with Crippen molar-refractivity contribution in [3.63, 3.8) is 0 Å². The smallest absolute Gasteiger partial charge is 0.228 e. The lowest BCUT2D eigenvalue weighted by molar-refractivity contribution is -0.135. The highest BCUT2D eigenvalue weighted by Gasteiger charge is 2.28. The molecule has 1 amide bonds. The van der Waals surface area contributed by atoms with Gasteiger partial charge >= 0.3 is 0 Å². The largest absolute Gasteiger partial charge is 0.395 e. The van der Waals surface area contributed by atoms with Crippen molar-refractivity contribution in [2.75, 3.05) is 13.2 Å². The van der Waals surface area contributed by atoms with Crippen molar-refractivity contribution in [3.05, 3.63) is 22.4 Å². The van der Waals surface area contributed by atoms with Crippen LogP contribution >= 0.6 is 11.3 Å². The number of nitrogens with zero attached hydrogens (tertiary/aromatic N) is 1. The van der Waals surface area contributed by atoms with E-state index in [1.165, 1.54) is 6.42 Å². The number of hydrogen-bond donors (Lipinski definition) is 1. The maximum absolute atomic E-state index is 12.1. The average Bonchev–Trinajstić information content (AvgIpc) is 2.67. The maximum atomic E-state index is 12.1. The van der Waals surface area contributed by atoms with Crippen molar-refractivity contribution in [1.29, 1.82) is 0 Å². The van der Waals surface area contributed by atoms with Crippen molar-refractivity contribution < 1.29 is 9.90 Å². The first kappa shape index (κ1) is 11.6. The van der Waals surface area contributed by atoms with Crippen LogP contribution in [-0.4, -0.2) is 35.1 Å². The molecule has 1 aliphatic rings. The Morgan fingerprint density at radius 3 is 2.88 bits per heavy atom. The Hall–Kier alpha value is -0.870. The predicted octanol–water partition coefficient (Wildman–Crippen LogP) is 1.66. The van der Waals surface area contributed by atoms with Crippen molar-refractivity contribution in [2.45, 2.75) is 31.7 Å². The van der Waals surface area contributed by atoms with Crippen LogP contribution in [0.2, 0.25) is 0 Å². The van der Waals surface area contributed by atoms with E-state index in [2.05, 4.69) is 0 Å². The second-order valence-electron chi connectivity index (χ2n) is 4.15. The van der Waals surface area contributed by atoms with Gasteiger partial charge in [0.15, 0.2) is 0 Å². The number of aliphatic hydroxyl groups is 1. The third-order valence-corrected chi connectivity index (χ3v) is 3.96. The summed E-state index contributed by atoms with van der Waals surface area (Å²) in [6, 6.07) is 4.33. The van der Waals surface area contributed by atoms with Crippen LogP contribution in [0, 0.1) is 0 Å². The highest BCUT2D eigenvalue weighted by atomic mass is 32.1. The van der Waals surface area contributed by atoms with E-state index in [-0.39, 0.29) is 12.5 Å². The zero-order chi connectivity index (χ0) is 11.4. The molecule has 0 spiro atoms. The van der Waals surface area contributed by atoms with Crippen LogP contribution in [0.5, 0.6) is 0 Å². The van der Waals surface area contributed by atoms with E-state index in [9.17, 15) is 4.79 Å². The number of rotatable bonds is 5. The molecule has 1 aliphatic carbocycles. The van der Waals surface area contributed by atoms with Gasteiger partial charge < -0.3 is 10.0 Å². The van der Waals surface area contributed by atoms with Crippen LogP contribution in [0.4, 0.5) is 0 Å². The van der Waals surface area contributed by atoms with Crippen LogP contribution in [0.25, 0.3) is 0 Å². The minimum Gasteiger partial charge on any atom is -0.395 e. The molecular formula is C12H17NO2S. The summed E-state index contributed by atoms with van der Waals surface area (Å²) in [4.78, 5) is 15.0. The van der Waals surface area contributed by atoms with Crippen molar-refractivity contribution in [1.82, 2.24) is 4.90 Å². The van der Waals surface area contributed by atoms with Crippen LogP contribution in [0.15, 0.2) is 17.5 Å². The Labute approximate surface area is 99.7 Å². The van der Waals surface area contributed by atoms with Crippen LogP contribution in [0.1, 0.15) is 24.1 Å². The summed E-state index contributed by atoms with van der Waals surface area (Å²) < 4.78 is 0. The van der Waals surface area contributed by atoms with E-state index in [0.29, 0.717) is 19.0 Å². The molecule has 4 heteroatoms. The molecule has 0 unspecified atom stereocenters. The van der Waals surface area contributed by atoms with E-state index in [4.69, 9.17) is 5.11 Å². The Balaban J connectivity index is 1.93. The molecule has 0 atom stereocenters. The number of carbonyl (C=O) groups excluding carboxylic acids is 1. The molecule has 0 aliphatic heterocycles. The lowest BCUT2D eigenvalue weighted by Crippen LogP contribution is -2.46. The van der Waals surface area contributed by atoms with Crippen LogP contribution in [-0.2, 0) is 11.2 Å². The van der Waals surface area contributed by atoms with Gasteiger partial charge in [-0.15, -0.1) is 11.3 Å². The summed E-state index contributed by atoms with van der Waals surface area (Å²) >= 11 is 1.61. The molecule has 0 bridgehead atoms. The topological polar surface area (TPSA) is 40.5 Å². The summed E-state index contributed by atoms with van der Waals surface area (Å²) in [6.07, 6.45) is 3.87. The Morgan fingerprint density at radius 1 is 1.56 bits per heavy atom. The first-order valence-corrected chi connectivity index (χ1v) is 6.62. The summed E-state index contributed by atoms with van der Waals surface area (Å²) in [6.45, 7) is 0.543. The fourth-order valence-corrected chi connectivity index (χ4v) is 2.68. The summed E-state index contributed by atoms with van der Waals surface area (Å²) in [5.41, 5.74) is 0. The van der Waals surface area contributed by atoms with Crippen LogP contribution in [0.3, 0.4) is 0 Å². The molecule has 1 aromatic rings.